The number of benzene rings is 1. The summed E-state index contributed by atoms with van der Waals surface area (Å²) in [5, 5.41) is 3.52. The second-order valence-electron chi connectivity index (χ2n) is 5.73. The molecule has 94 valence electrons. The van der Waals surface area contributed by atoms with Gasteiger partial charge >= 0.3 is 0 Å². The largest absolute Gasteiger partial charge is 0.314 e. The van der Waals surface area contributed by atoms with Gasteiger partial charge in [0.05, 0.1) is 0 Å². The Hall–Kier alpha value is -0.890. The zero-order valence-electron chi connectivity index (χ0n) is 11.2. The quantitative estimate of drug-likeness (QED) is 0.843. The molecule has 1 aromatic carbocycles. The SMILES string of the molecule is CCNC1CC(c2ccc(F)c(C)c2)C1(C)C. The molecule has 0 amide bonds. The van der Waals surface area contributed by atoms with Crippen molar-refractivity contribution >= 4 is 0 Å². The van der Waals surface area contributed by atoms with Gasteiger partial charge in [0, 0.05) is 6.04 Å². The van der Waals surface area contributed by atoms with Gasteiger partial charge in [-0.05, 0) is 48.4 Å². The maximum atomic E-state index is 13.3. The summed E-state index contributed by atoms with van der Waals surface area (Å²) in [6.07, 6.45) is 1.16. The molecule has 2 unspecified atom stereocenters. The fourth-order valence-corrected chi connectivity index (χ4v) is 2.97. The zero-order valence-corrected chi connectivity index (χ0v) is 11.2. The van der Waals surface area contributed by atoms with E-state index in [1.54, 1.807) is 6.07 Å². The summed E-state index contributed by atoms with van der Waals surface area (Å²) in [6.45, 7) is 9.60. The van der Waals surface area contributed by atoms with E-state index < -0.39 is 0 Å². The van der Waals surface area contributed by atoms with Gasteiger partial charge < -0.3 is 5.32 Å². The Morgan fingerprint density at radius 1 is 1.41 bits per heavy atom. The van der Waals surface area contributed by atoms with E-state index in [-0.39, 0.29) is 11.2 Å². The smallest absolute Gasteiger partial charge is 0.126 e. The van der Waals surface area contributed by atoms with Crippen molar-refractivity contribution in [3.05, 3.63) is 35.1 Å². The standard InChI is InChI=1S/C15H22FN/c1-5-17-14-9-12(15(14,3)4)11-6-7-13(16)10(2)8-11/h6-8,12,14,17H,5,9H2,1-4H3. The maximum Gasteiger partial charge on any atom is 0.126 e. The highest BCUT2D eigenvalue weighted by atomic mass is 19.1. The number of nitrogens with one attached hydrogen (secondary N) is 1. The van der Waals surface area contributed by atoms with Gasteiger partial charge in [-0.2, -0.15) is 0 Å². The summed E-state index contributed by atoms with van der Waals surface area (Å²) in [6, 6.07) is 6.13. The van der Waals surface area contributed by atoms with E-state index in [1.807, 2.05) is 19.1 Å². The summed E-state index contributed by atoms with van der Waals surface area (Å²) >= 11 is 0. The third kappa shape index (κ3) is 2.11. The first-order valence-corrected chi connectivity index (χ1v) is 6.46. The van der Waals surface area contributed by atoms with E-state index in [9.17, 15) is 4.39 Å². The fraction of sp³-hybridized carbons (Fsp3) is 0.600. The minimum atomic E-state index is -0.103. The van der Waals surface area contributed by atoms with Crippen molar-refractivity contribution < 1.29 is 4.39 Å². The molecule has 1 N–H and O–H groups in total. The molecule has 0 radical (unpaired) electrons. The third-order valence-corrected chi connectivity index (χ3v) is 4.30. The van der Waals surface area contributed by atoms with Crippen LogP contribution in [0.2, 0.25) is 0 Å². The van der Waals surface area contributed by atoms with Gasteiger partial charge in [0.25, 0.3) is 0 Å². The minimum Gasteiger partial charge on any atom is -0.314 e. The van der Waals surface area contributed by atoms with Gasteiger partial charge in [0.1, 0.15) is 5.82 Å². The van der Waals surface area contributed by atoms with Gasteiger partial charge in [-0.25, -0.2) is 4.39 Å². The third-order valence-electron chi connectivity index (χ3n) is 4.30. The number of rotatable bonds is 3. The summed E-state index contributed by atoms with van der Waals surface area (Å²) < 4.78 is 13.3. The molecule has 17 heavy (non-hydrogen) atoms. The normalized spacial score (nSPS) is 26.6. The molecular formula is C15H22FN. The van der Waals surface area contributed by atoms with Gasteiger partial charge in [-0.1, -0.05) is 32.9 Å². The summed E-state index contributed by atoms with van der Waals surface area (Å²) in [7, 11) is 0. The molecule has 2 heteroatoms. The average Bonchev–Trinajstić information content (AvgIpc) is 2.28. The number of hydrogen-bond donors (Lipinski definition) is 1. The first-order chi connectivity index (χ1) is 7.96. The van der Waals surface area contributed by atoms with Gasteiger partial charge in [-0.3, -0.25) is 0 Å². The van der Waals surface area contributed by atoms with Crippen LogP contribution in [0.3, 0.4) is 0 Å². The molecule has 2 rings (SSSR count). The summed E-state index contributed by atoms with van der Waals surface area (Å²) in [4.78, 5) is 0. The molecule has 0 aliphatic heterocycles. The topological polar surface area (TPSA) is 12.0 Å². The van der Waals surface area contributed by atoms with Crippen molar-refractivity contribution in [2.75, 3.05) is 6.54 Å². The van der Waals surface area contributed by atoms with E-state index in [0.29, 0.717) is 12.0 Å². The highest BCUT2D eigenvalue weighted by molar-refractivity contribution is 5.31. The van der Waals surface area contributed by atoms with E-state index >= 15 is 0 Å². The van der Waals surface area contributed by atoms with Crippen molar-refractivity contribution in [2.24, 2.45) is 5.41 Å². The molecule has 2 atom stereocenters. The summed E-state index contributed by atoms with van der Waals surface area (Å²) in [5.41, 5.74) is 2.30. The highest BCUT2D eigenvalue weighted by Crippen LogP contribution is 2.52. The number of aryl methyl sites for hydroxylation is 1. The summed E-state index contributed by atoms with van der Waals surface area (Å²) in [5.74, 6) is 0.444. The molecule has 1 aromatic rings. The van der Waals surface area contributed by atoms with Crippen LogP contribution in [-0.2, 0) is 0 Å². The van der Waals surface area contributed by atoms with Crippen LogP contribution >= 0.6 is 0 Å². The van der Waals surface area contributed by atoms with Crippen LogP contribution in [0.25, 0.3) is 0 Å². The monoisotopic (exact) mass is 235 g/mol. The van der Waals surface area contributed by atoms with Crippen LogP contribution in [0.15, 0.2) is 18.2 Å². The van der Waals surface area contributed by atoms with E-state index in [4.69, 9.17) is 0 Å². The molecule has 1 aliphatic rings. The lowest BCUT2D eigenvalue weighted by atomic mass is 9.56. The predicted octanol–water partition coefficient (Wildman–Crippen LogP) is 3.63. The van der Waals surface area contributed by atoms with Gasteiger partial charge in [0.2, 0.25) is 0 Å². The average molecular weight is 235 g/mol. The van der Waals surface area contributed by atoms with Crippen LogP contribution in [0.4, 0.5) is 4.39 Å². The molecule has 1 nitrogen and oxygen atoms in total. The molecular weight excluding hydrogens is 213 g/mol. The molecule has 0 heterocycles. The Bertz CT molecular complexity index is 411. The van der Waals surface area contributed by atoms with Crippen molar-refractivity contribution in [3.63, 3.8) is 0 Å². The van der Waals surface area contributed by atoms with E-state index in [0.717, 1.165) is 18.5 Å². The van der Waals surface area contributed by atoms with Gasteiger partial charge in [-0.15, -0.1) is 0 Å². The first-order valence-electron chi connectivity index (χ1n) is 6.46. The highest BCUT2D eigenvalue weighted by Gasteiger charge is 2.48. The van der Waals surface area contributed by atoms with E-state index in [2.05, 4.69) is 26.1 Å². The molecule has 1 saturated carbocycles. The van der Waals surface area contributed by atoms with Crippen molar-refractivity contribution in [3.8, 4) is 0 Å². The Morgan fingerprint density at radius 2 is 2.12 bits per heavy atom. The Kier molecular flexibility index (Phi) is 3.26. The van der Waals surface area contributed by atoms with Crippen molar-refractivity contribution in [1.82, 2.24) is 5.32 Å². The Morgan fingerprint density at radius 3 is 2.65 bits per heavy atom. The zero-order chi connectivity index (χ0) is 12.6. The van der Waals surface area contributed by atoms with Crippen LogP contribution in [-0.4, -0.2) is 12.6 Å². The van der Waals surface area contributed by atoms with Crippen LogP contribution in [0.5, 0.6) is 0 Å². The molecule has 0 spiro atoms. The van der Waals surface area contributed by atoms with Crippen LogP contribution < -0.4 is 5.32 Å². The molecule has 0 saturated heterocycles. The van der Waals surface area contributed by atoms with Crippen molar-refractivity contribution in [1.29, 1.82) is 0 Å². The predicted molar refractivity (Wildman–Crippen MR) is 69.7 cm³/mol. The van der Waals surface area contributed by atoms with E-state index in [1.165, 1.54) is 5.56 Å². The van der Waals surface area contributed by atoms with Gasteiger partial charge in [0.15, 0.2) is 0 Å². The molecule has 1 fully saturated rings. The lowest BCUT2D eigenvalue weighted by Crippen LogP contribution is -2.55. The first kappa shape index (κ1) is 12.6. The maximum absolute atomic E-state index is 13.3. The molecule has 0 bridgehead atoms. The molecule has 1 aliphatic carbocycles. The van der Waals surface area contributed by atoms with Crippen LogP contribution in [0, 0.1) is 18.2 Å². The fourth-order valence-electron chi connectivity index (χ4n) is 2.97. The lowest BCUT2D eigenvalue weighted by molar-refractivity contribution is 0.0706. The minimum absolute atomic E-state index is 0.103. The Labute approximate surface area is 103 Å². The van der Waals surface area contributed by atoms with Crippen LogP contribution in [0.1, 0.15) is 44.2 Å². The lowest BCUT2D eigenvalue weighted by Gasteiger charge is -2.53. The van der Waals surface area contributed by atoms with Crippen molar-refractivity contribution in [2.45, 2.75) is 46.1 Å². The second-order valence-corrected chi connectivity index (χ2v) is 5.73. The molecule has 0 aromatic heterocycles. The Balaban J connectivity index is 2.17. The number of halogens is 1. The second kappa shape index (κ2) is 4.41. The number of hydrogen-bond acceptors (Lipinski definition) is 1.